The highest BCUT2D eigenvalue weighted by molar-refractivity contribution is 5.82. The van der Waals surface area contributed by atoms with Crippen molar-refractivity contribution in [1.29, 1.82) is 0 Å². The van der Waals surface area contributed by atoms with Gasteiger partial charge in [-0.2, -0.15) is 0 Å². The van der Waals surface area contributed by atoms with Crippen LogP contribution < -0.4 is 5.73 Å². The summed E-state index contributed by atoms with van der Waals surface area (Å²) >= 11 is 0. The molecule has 0 fully saturated rings. The summed E-state index contributed by atoms with van der Waals surface area (Å²) in [7, 11) is 0. The molecule has 0 saturated carbocycles. The third-order valence-corrected chi connectivity index (χ3v) is 3.96. The molecule has 0 aliphatic carbocycles. The molecule has 2 nitrogen and oxygen atoms in total. The molecule has 0 unspecified atom stereocenters. The maximum absolute atomic E-state index is 5.89. The fourth-order valence-electron chi connectivity index (χ4n) is 2.80. The monoisotopic (exact) mass is 284 g/mol. The zero-order chi connectivity index (χ0) is 15.3. The number of nitrogens with zero attached hydrogens (tertiary/aromatic N) is 1. The van der Waals surface area contributed by atoms with Gasteiger partial charge in [-0.15, -0.1) is 0 Å². The van der Waals surface area contributed by atoms with Crippen LogP contribution in [0.5, 0.6) is 0 Å². The topological polar surface area (TPSA) is 29.3 Å². The molecular weight excluding hydrogens is 256 g/mol. The Kier molecular flexibility index (Phi) is 5.38. The van der Waals surface area contributed by atoms with Crippen LogP contribution in [0, 0.1) is 5.41 Å². The van der Waals surface area contributed by atoms with E-state index in [1.54, 1.807) is 0 Å². The highest BCUT2D eigenvalue weighted by Crippen LogP contribution is 2.20. The molecule has 2 N–H and O–H groups in total. The molecule has 0 saturated heterocycles. The Bertz CT molecular complexity index is 575. The van der Waals surface area contributed by atoms with Gasteiger partial charge in [0.2, 0.25) is 0 Å². The number of benzene rings is 2. The van der Waals surface area contributed by atoms with E-state index in [-0.39, 0.29) is 5.41 Å². The SMILES string of the molecule is CCCN(Cc1ccc2ccccc2c1)CC(C)(C)CN. The normalized spacial score (nSPS) is 12.2. The van der Waals surface area contributed by atoms with E-state index in [0.717, 1.165) is 26.2 Å². The second-order valence-corrected chi connectivity index (χ2v) is 6.76. The average molecular weight is 284 g/mol. The molecule has 114 valence electrons. The number of rotatable bonds is 7. The van der Waals surface area contributed by atoms with Gasteiger partial charge in [-0.25, -0.2) is 0 Å². The third kappa shape index (κ3) is 4.55. The van der Waals surface area contributed by atoms with Crippen molar-refractivity contribution in [1.82, 2.24) is 4.90 Å². The minimum absolute atomic E-state index is 0.173. The quantitative estimate of drug-likeness (QED) is 0.831. The van der Waals surface area contributed by atoms with Crippen LogP contribution in [0.4, 0.5) is 0 Å². The van der Waals surface area contributed by atoms with E-state index in [4.69, 9.17) is 5.73 Å². The fraction of sp³-hybridized carbons (Fsp3) is 0.474. The molecule has 0 aliphatic heterocycles. The van der Waals surface area contributed by atoms with Gasteiger partial charge in [0.15, 0.2) is 0 Å². The summed E-state index contributed by atoms with van der Waals surface area (Å²) in [5, 5.41) is 2.63. The lowest BCUT2D eigenvalue weighted by Crippen LogP contribution is -2.38. The van der Waals surface area contributed by atoms with Crippen molar-refractivity contribution >= 4 is 10.8 Å². The van der Waals surface area contributed by atoms with E-state index in [1.165, 1.54) is 22.8 Å². The molecule has 2 rings (SSSR count). The Morgan fingerprint density at radius 1 is 1.05 bits per heavy atom. The highest BCUT2D eigenvalue weighted by Gasteiger charge is 2.19. The molecule has 2 heteroatoms. The van der Waals surface area contributed by atoms with Crippen molar-refractivity contribution in [2.45, 2.75) is 33.7 Å². The summed E-state index contributed by atoms with van der Waals surface area (Å²) in [5.41, 5.74) is 7.45. The first kappa shape index (κ1) is 16.0. The number of fused-ring (bicyclic) bond motifs is 1. The molecule has 0 aliphatic rings. The summed E-state index contributed by atoms with van der Waals surface area (Å²) in [6, 6.07) is 15.3. The van der Waals surface area contributed by atoms with Crippen molar-refractivity contribution < 1.29 is 0 Å². The van der Waals surface area contributed by atoms with Crippen LogP contribution in [-0.4, -0.2) is 24.5 Å². The number of nitrogens with two attached hydrogens (primary N) is 1. The first-order valence-electron chi connectivity index (χ1n) is 7.94. The van der Waals surface area contributed by atoms with E-state index in [0.29, 0.717) is 0 Å². The summed E-state index contributed by atoms with van der Waals surface area (Å²) < 4.78 is 0. The van der Waals surface area contributed by atoms with Gasteiger partial charge in [-0.05, 0) is 47.3 Å². The van der Waals surface area contributed by atoms with Crippen LogP contribution >= 0.6 is 0 Å². The Hall–Kier alpha value is -1.38. The predicted molar refractivity (Wildman–Crippen MR) is 92.4 cm³/mol. The highest BCUT2D eigenvalue weighted by atomic mass is 15.1. The van der Waals surface area contributed by atoms with Crippen LogP contribution in [0.3, 0.4) is 0 Å². The van der Waals surface area contributed by atoms with Gasteiger partial charge >= 0.3 is 0 Å². The van der Waals surface area contributed by atoms with Gasteiger partial charge in [0.1, 0.15) is 0 Å². The Morgan fingerprint density at radius 3 is 2.43 bits per heavy atom. The van der Waals surface area contributed by atoms with Gasteiger partial charge in [0.05, 0.1) is 0 Å². The lowest BCUT2D eigenvalue weighted by atomic mass is 9.92. The molecule has 0 atom stereocenters. The van der Waals surface area contributed by atoms with Crippen LogP contribution in [-0.2, 0) is 6.54 Å². The Morgan fingerprint density at radius 2 is 1.76 bits per heavy atom. The lowest BCUT2D eigenvalue weighted by molar-refractivity contribution is 0.176. The number of hydrogen-bond acceptors (Lipinski definition) is 2. The molecular formula is C19H28N2. The van der Waals surface area contributed by atoms with Crippen LogP contribution in [0.15, 0.2) is 42.5 Å². The minimum Gasteiger partial charge on any atom is -0.330 e. The third-order valence-electron chi connectivity index (χ3n) is 3.96. The molecule has 0 amide bonds. The molecule has 0 bridgehead atoms. The second-order valence-electron chi connectivity index (χ2n) is 6.76. The average Bonchev–Trinajstić information content (AvgIpc) is 2.47. The van der Waals surface area contributed by atoms with Crippen molar-refractivity contribution in [2.24, 2.45) is 11.1 Å². The van der Waals surface area contributed by atoms with E-state index in [1.807, 2.05) is 0 Å². The van der Waals surface area contributed by atoms with Gasteiger partial charge in [0.25, 0.3) is 0 Å². The van der Waals surface area contributed by atoms with Crippen molar-refractivity contribution in [3.8, 4) is 0 Å². The molecule has 0 spiro atoms. The summed E-state index contributed by atoms with van der Waals surface area (Å²) in [5.74, 6) is 0. The van der Waals surface area contributed by atoms with Gasteiger partial charge in [0, 0.05) is 13.1 Å². The number of hydrogen-bond donors (Lipinski definition) is 1. The fourth-order valence-corrected chi connectivity index (χ4v) is 2.80. The maximum atomic E-state index is 5.89. The smallest absolute Gasteiger partial charge is 0.0234 e. The van der Waals surface area contributed by atoms with E-state index >= 15 is 0 Å². The zero-order valence-electron chi connectivity index (χ0n) is 13.6. The van der Waals surface area contributed by atoms with E-state index in [9.17, 15) is 0 Å². The molecule has 21 heavy (non-hydrogen) atoms. The summed E-state index contributed by atoms with van der Waals surface area (Å²) in [6.07, 6.45) is 1.17. The molecule has 0 aromatic heterocycles. The van der Waals surface area contributed by atoms with Crippen molar-refractivity contribution in [3.05, 3.63) is 48.0 Å². The largest absolute Gasteiger partial charge is 0.330 e. The Labute approximate surface area is 128 Å². The molecule has 0 heterocycles. The predicted octanol–water partition coefficient (Wildman–Crippen LogP) is 4.04. The van der Waals surface area contributed by atoms with Crippen molar-refractivity contribution in [3.63, 3.8) is 0 Å². The first-order valence-corrected chi connectivity index (χ1v) is 7.94. The van der Waals surface area contributed by atoms with E-state index < -0.39 is 0 Å². The van der Waals surface area contributed by atoms with Gasteiger partial charge in [-0.3, -0.25) is 4.90 Å². The second kappa shape index (κ2) is 7.06. The Balaban J connectivity index is 2.14. The minimum atomic E-state index is 0.173. The zero-order valence-corrected chi connectivity index (χ0v) is 13.6. The molecule has 0 radical (unpaired) electrons. The van der Waals surface area contributed by atoms with E-state index in [2.05, 4.69) is 68.1 Å². The van der Waals surface area contributed by atoms with Crippen LogP contribution in [0.1, 0.15) is 32.8 Å². The summed E-state index contributed by atoms with van der Waals surface area (Å²) in [6.45, 7) is 10.6. The maximum Gasteiger partial charge on any atom is 0.0234 e. The van der Waals surface area contributed by atoms with Gasteiger partial charge < -0.3 is 5.73 Å². The molecule has 2 aromatic carbocycles. The van der Waals surface area contributed by atoms with Crippen LogP contribution in [0.2, 0.25) is 0 Å². The molecule has 2 aromatic rings. The first-order chi connectivity index (χ1) is 10.0. The lowest BCUT2D eigenvalue weighted by Gasteiger charge is -2.31. The van der Waals surface area contributed by atoms with Crippen molar-refractivity contribution in [2.75, 3.05) is 19.6 Å². The van der Waals surface area contributed by atoms with Crippen LogP contribution in [0.25, 0.3) is 10.8 Å². The standard InChI is InChI=1S/C19H28N2/c1-4-11-21(15-19(2,3)14-20)13-16-9-10-17-7-5-6-8-18(17)12-16/h5-10,12H,4,11,13-15,20H2,1-3H3. The summed E-state index contributed by atoms with van der Waals surface area (Å²) in [4.78, 5) is 2.52. The van der Waals surface area contributed by atoms with Gasteiger partial charge in [-0.1, -0.05) is 57.2 Å².